The second-order valence-corrected chi connectivity index (χ2v) is 3.98. The molecular formula is C11H12ClNO2. The van der Waals surface area contributed by atoms with Gasteiger partial charge in [0.05, 0.1) is 12.0 Å². The molecule has 0 aromatic heterocycles. The zero-order chi connectivity index (χ0) is 9.60. The van der Waals surface area contributed by atoms with Gasteiger partial charge >= 0.3 is 0 Å². The highest BCUT2D eigenvalue weighted by atomic mass is 35.5. The number of rotatable bonds is 0. The molecule has 80 valence electrons. The summed E-state index contributed by atoms with van der Waals surface area (Å²) in [6, 6.07) is 7.47. The van der Waals surface area contributed by atoms with Gasteiger partial charge in [0.15, 0.2) is 5.78 Å². The molecule has 3 rings (SSSR count). The predicted octanol–water partition coefficient (Wildman–Crippen LogP) is 1.42. The molecule has 1 N–H and O–H groups in total. The first-order valence-electron chi connectivity index (χ1n) is 4.81. The van der Waals surface area contributed by atoms with Crippen molar-refractivity contribution >= 4 is 18.2 Å². The lowest BCUT2D eigenvalue weighted by Crippen LogP contribution is -2.65. The first-order valence-corrected chi connectivity index (χ1v) is 4.81. The Hall–Kier alpha value is -1.06. The van der Waals surface area contributed by atoms with E-state index in [4.69, 9.17) is 4.74 Å². The Kier molecular flexibility index (Phi) is 2.44. The Morgan fingerprint density at radius 3 is 2.67 bits per heavy atom. The van der Waals surface area contributed by atoms with Gasteiger partial charge in [0.2, 0.25) is 0 Å². The van der Waals surface area contributed by atoms with Crippen LogP contribution in [-0.2, 0) is 0 Å². The zero-order valence-electron chi connectivity index (χ0n) is 8.16. The van der Waals surface area contributed by atoms with Gasteiger partial charge in [0.25, 0.3) is 0 Å². The van der Waals surface area contributed by atoms with Crippen LogP contribution in [0.2, 0.25) is 0 Å². The van der Waals surface area contributed by atoms with E-state index in [2.05, 4.69) is 5.32 Å². The van der Waals surface area contributed by atoms with Crippen molar-refractivity contribution in [1.29, 1.82) is 0 Å². The van der Waals surface area contributed by atoms with Crippen molar-refractivity contribution in [3.63, 3.8) is 0 Å². The molecule has 0 amide bonds. The number of para-hydroxylation sites is 1. The number of Topliss-reactive ketones (excluding diaryl/α,β-unsaturated/α-hetero) is 1. The third-order valence-electron chi connectivity index (χ3n) is 2.89. The Morgan fingerprint density at radius 2 is 2.00 bits per heavy atom. The van der Waals surface area contributed by atoms with Gasteiger partial charge in [0.1, 0.15) is 11.4 Å². The van der Waals surface area contributed by atoms with E-state index in [1.54, 1.807) is 0 Å². The van der Waals surface area contributed by atoms with Crippen molar-refractivity contribution in [2.75, 3.05) is 13.1 Å². The van der Waals surface area contributed by atoms with Crippen LogP contribution in [0.4, 0.5) is 0 Å². The second kappa shape index (κ2) is 3.51. The standard InChI is InChI=1S/C11H11NO2.ClH/c13-9-5-11(6-12-7-11)14-10-4-2-1-3-8(9)10;/h1-4,12H,5-7H2;1H. The largest absolute Gasteiger partial charge is 0.483 e. The minimum absolute atomic E-state index is 0. The van der Waals surface area contributed by atoms with Crippen LogP contribution in [0.5, 0.6) is 5.75 Å². The van der Waals surface area contributed by atoms with Crippen LogP contribution >= 0.6 is 12.4 Å². The van der Waals surface area contributed by atoms with Gasteiger partial charge in [-0.15, -0.1) is 12.4 Å². The molecule has 1 aromatic rings. The second-order valence-electron chi connectivity index (χ2n) is 3.98. The number of carbonyl (C=O) groups excluding carboxylic acids is 1. The highest BCUT2D eigenvalue weighted by molar-refractivity contribution is 6.00. The summed E-state index contributed by atoms with van der Waals surface area (Å²) in [4.78, 5) is 11.8. The summed E-state index contributed by atoms with van der Waals surface area (Å²) in [5, 5.41) is 3.15. The summed E-state index contributed by atoms with van der Waals surface area (Å²) in [6.07, 6.45) is 0.511. The Morgan fingerprint density at radius 1 is 1.27 bits per heavy atom. The average molecular weight is 226 g/mol. The summed E-state index contributed by atoms with van der Waals surface area (Å²) in [7, 11) is 0. The van der Waals surface area contributed by atoms with Crippen molar-refractivity contribution in [3.05, 3.63) is 29.8 Å². The molecule has 1 fully saturated rings. The highest BCUT2D eigenvalue weighted by Crippen LogP contribution is 2.34. The number of hydrogen-bond acceptors (Lipinski definition) is 3. The third kappa shape index (κ3) is 1.52. The fraction of sp³-hybridized carbons (Fsp3) is 0.364. The molecule has 2 aliphatic heterocycles. The van der Waals surface area contributed by atoms with E-state index in [9.17, 15) is 4.79 Å². The lowest BCUT2D eigenvalue weighted by atomic mass is 9.85. The van der Waals surface area contributed by atoms with E-state index in [-0.39, 0.29) is 23.8 Å². The Balaban J connectivity index is 0.000000853. The van der Waals surface area contributed by atoms with E-state index < -0.39 is 0 Å². The maximum Gasteiger partial charge on any atom is 0.170 e. The number of fused-ring (bicyclic) bond motifs is 1. The number of hydrogen-bond donors (Lipinski definition) is 1. The quantitative estimate of drug-likeness (QED) is 0.726. The average Bonchev–Trinajstić information content (AvgIpc) is 2.15. The van der Waals surface area contributed by atoms with Crippen LogP contribution in [-0.4, -0.2) is 24.5 Å². The Bertz CT molecular complexity index is 401. The Labute approximate surface area is 94.2 Å². The fourth-order valence-electron chi connectivity index (χ4n) is 2.04. The first kappa shape index (κ1) is 10.5. The molecule has 0 atom stereocenters. The van der Waals surface area contributed by atoms with Crippen LogP contribution in [0, 0.1) is 0 Å². The van der Waals surface area contributed by atoms with Crippen molar-refractivity contribution in [2.24, 2.45) is 0 Å². The molecule has 2 aliphatic rings. The summed E-state index contributed by atoms with van der Waals surface area (Å²) in [6.45, 7) is 1.57. The number of carbonyl (C=O) groups is 1. The van der Waals surface area contributed by atoms with Crippen LogP contribution in [0.1, 0.15) is 16.8 Å². The van der Waals surface area contributed by atoms with Crippen LogP contribution < -0.4 is 10.1 Å². The van der Waals surface area contributed by atoms with Gasteiger partial charge < -0.3 is 10.1 Å². The topological polar surface area (TPSA) is 38.3 Å². The van der Waals surface area contributed by atoms with Gasteiger partial charge in [-0.2, -0.15) is 0 Å². The van der Waals surface area contributed by atoms with Gasteiger partial charge in [-0.1, -0.05) is 12.1 Å². The molecule has 1 spiro atoms. The van der Waals surface area contributed by atoms with Crippen molar-refractivity contribution < 1.29 is 9.53 Å². The minimum Gasteiger partial charge on any atom is -0.483 e. The smallest absolute Gasteiger partial charge is 0.170 e. The maximum absolute atomic E-state index is 11.8. The molecule has 2 heterocycles. The SMILES string of the molecule is Cl.O=C1CC2(CNC2)Oc2ccccc21. The predicted molar refractivity (Wildman–Crippen MR) is 58.9 cm³/mol. The summed E-state index contributed by atoms with van der Waals surface area (Å²) >= 11 is 0. The van der Waals surface area contributed by atoms with E-state index in [0.29, 0.717) is 6.42 Å². The van der Waals surface area contributed by atoms with Gasteiger partial charge in [-0.05, 0) is 12.1 Å². The molecule has 0 aliphatic carbocycles. The molecule has 0 bridgehead atoms. The fourth-order valence-corrected chi connectivity index (χ4v) is 2.04. The number of benzene rings is 1. The van der Waals surface area contributed by atoms with E-state index in [1.807, 2.05) is 24.3 Å². The minimum atomic E-state index is -0.245. The molecule has 0 unspecified atom stereocenters. The number of nitrogens with one attached hydrogen (secondary N) is 1. The lowest BCUT2D eigenvalue weighted by molar-refractivity contribution is 0.00242. The summed E-state index contributed by atoms with van der Waals surface area (Å²) in [5.74, 6) is 0.943. The molecule has 0 radical (unpaired) electrons. The monoisotopic (exact) mass is 225 g/mol. The molecule has 4 heteroatoms. The normalized spacial score (nSPS) is 20.9. The number of halogens is 1. The summed E-state index contributed by atoms with van der Waals surface area (Å²) in [5.41, 5.74) is 0.482. The van der Waals surface area contributed by atoms with Gasteiger partial charge in [0, 0.05) is 13.1 Å². The van der Waals surface area contributed by atoms with Gasteiger partial charge in [-0.3, -0.25) is 4.79 Å². The molecule has 3 nitrogen and oxygen atoms in total. The van der Waals surface area contributed by atoms with E-state index in [1.165, 1.54) is 0 Å². The third-order valence-corrected chi connectivity index (χ3v) is 2.89. The zero-order valence-corrected chi connectivity index (χ0v) is 8.97. The molecule has 1 aromatic carbocycles. The molecular weight excluding hydrogens is 214 g/mol. The number of ether oxygens (including phenoxy) is 1. The van der Waals surface area contributed by atoms with E-state index >= 15 is 0 Å². The summed E-state index contributed by atoms with van der Waals surface area (Å²) < 4.78 is 5.84. The van der Waals surface area contributed by atoms with Crippen LogP contribution in [0.3, 0.4) is 0 Å². The maximum atomic E-state index is 11.8. The van der Waals surface area contributed by atoms with Crippen molar-refractivity contribution in [1.82, 2.24) is 5.32 Å². The lowest BCUT2D eigenvalue weighted by Gasteiger charge is -2.44. The molecule has 0 saturated carbocycles. The van der Waals surface area contributed by atoms with Crippen LogP contribution in [0.15, 0.2) is 24.3 Å². The van der Waals surface area contributed by atoms with Gasteiger partial charge in [-0.25, -0.2) is 0 Å². The molecule has 1 saturated heterocycles. The molecule has 15 heavy (non-hydrogen) atoms. The highest BCUT2D eigenvalue weighted by Gasteiger charge is 2.45. The van der Waals surface area contributed by atoms with Crippen LogP contribution in [0.25, 0.3) is 0 Å². The number of ketones is 1. The van der Waals surface area contributed by atoms with E-state index in [0.717, 1.165) is 24.4 Å². The van der Waals surface area contributed by atoms with Crippen molar-refractivity contribution in [2.45, 2.75) is 12.0 Å². The van der Waals surface area contributed by atoms with Crippen molar-refractivity contribution in [3.8, 4) is 5.75 Å². The first-order chi connectivity index (χ1) is 6.79.